The number of piperazine rings is 1. The maximum atomic E-state index is 13.6. The van der Waals surface area contributed by atoms with Crippen LogP contribution in [-0.2, 0) is 9.59 Å². The van der Waals surface area contributed by atoms with Crippen LogP contribution >= 0.6 is 12.2 Å². The van der Waals surface area contributed by atoms with Crippen molar-refractivity contribution in [1.82, 2.24) is 14.7 Å². The average molecular weight is 528 g/mol. The molecule has 2 aromatic rings. The Morgan fingerprint density at radius 1 is 1.05 bits per heavy atom. The minimum absolute atomic E-state index is 0.0572. The van der Waals surface area contributed by atoms with Crippen LogP contribution in [0.2, 0.25) is 0 Å². The Labute approximate surface area is 223 Å². The molecule has 2 aromatic carbocycles. The first-order valence-electron chi connectivity index (χ1n) is 12.7. The number of rotatable bonds is 10. The molecule has 0 unspecified atom stereocenters. The Bertz CT molecular complexity index is 1090. The molecule has 0 aromatic heterocycles. The molecule has 2 aliphatic heterocycles. The number of hydrogen-bond donors (Lipinski definition) is 1. The van der Waals surface area contributed by atoms with Gasteiger partial charge in [0.1, 0.15) is 17.6 Å². The smallest absolute Gasteiger partial charge is 0.256 e. The van der Waals surface area contributed by atoms with E-state index < -0.39 is 6.04 Å². The highest BCUT2D eigenvalue weighted by Gasteiger charge is 2.43. The van der Waals surface area contributed by atoms with Crippen molar-refractivity contribution in [3.05, 3.63) is 54.3 Å². The summed E-state index contributed by atoms with van der Waals surface area (Å²) in [5.74, 6) is -0.233. The monoisotopic (exact) mass is 527 g/mol. The van der Waals surface area contributed by atoms with Crippen molar-refractivity contribution < 1.29 is 18.7 Å². The first-order valence-corrected chi connectivity index (χ1v) is 13.1. The van der Waals surface area contributed by atoms with Gasteiger partial charge in [0.25, 0.3) is 5.91 Å². The second-order valence-corrected chi connectivity index (χ2v) is 9.72. The van der Waals surface area contributed by atoms with Crippen molar-refractivity contribution in [2.75, 3.05) is 63.1 Å². The quantitative estimate of drug-likeness (QED) is 0.476. The van der Waals surface area contributed by atoms with Gasteiger partial charge in [0.2, 0.25) is 5.91 Å². The lowest BCUT2D eigenvalue weighted by Gasteiger charge is -2.33. The number of likely N-dealkylation sites (N-methyl/N-ethyl adjacent to an activating group) is 1. The summed E-state index contributed by atoms with van der Waals surface area (Å²) < 4.78 is 18.8. The van der Waals surface area contributed by atoms with E-state index in [1.807, 2.05) is 11.8 Å². The van der Waals surface area contributed by atoms with Gasteiger partial charge in [-0.3, -0.25) is 14.5 Å². The number of nitrogens with zero attached hydrogens (tertiary/aromatic N) is 4. The number of thiocarbonyl (C=S) groups is 1. The maximum absolute atomic E-state index is 13.6. The van der Waals surface area contributed by atoms with Gasteiger partial charge in [-0.25, -0.2) is 4.39 Å². The van der Waals surface area contributed by atoms with Gasteiger partial charge in [0.15, 0.2) is 5.11 Å². The van der Waals surface area contributed by atoms with Gasteiger partial charge in [-0.15, -0.1) is 0 Å². The third kappa shape index (κ3) is 6.82. The zero-order valence-corrected chi connectivity index (χ0v) is 22.2. The minimum Gasteiger partial charge on any atom is -0.494 e. The van der Waals surface area contributed by atoms with Gasteiger partial charge in [-0.05, 0) is 87.7 Å². The third-order valence-corrected chi connectivity index (χ3v) is 7.12. The number of ether oxygens (including phenoxy) is 1. The molecular formula is C27H34FN5O3S. The number of carbonyl (C=O) groups excluding carboxylic acids is 2. The molecule has 0 radical (unpaired) electrons. The molecule has 0 spiro atoms. The summed E-state index contributed by atoms with van der Waals surface area (Å²) in [5, 5.41) is 3.16. The fourth-order valence-electron chi connectivity index (χ4n) is 4.64. The second-order valence-electron chi connectivity index (χ2n) is 9.35. The lowest BCUT2D eigenvalue weighted by Crippen LogP contribution is -2.45. The van der Waals surface area contributed by atoms with Crippen LogP contribution in [0.3, 0.4) is 0 Å². The number of benzene rings is 2. The molecule has 10 heteroatoms. The van der Waals surface area contributed by atoms with Gasteiger partial charge >= 0.3 is 0 Å². The molecule has 0 bridgehead atoms. The van der Waals surface area contributed by atoms with E-state index >= 15 is 0 Å². The van der Waals surface area contributed by atoms with E-state index in [9.17, 15) is 14.0 Å². The van der Waals surface area contributed by atoms with Crippen molar-refractivity contribution in [3.63, 3.8) is 0 Å². The summed E-state index contributed by atoms with van der Waals surface area (Å²) >= 11 is 5.77. The lowest BCUT2D eigenvalue weighted by atomic mass is 10.1. The standard InChI is InChI=1S/C27H34FN5O3S/c1-3-36-23-11-9-22(10-12-23)33-26(35)24(19-25(34)29-21-7-5-20(28)6-8-21)32(27(33)37)14-4-13-31-17-15-30(2)16-18-31/h5-12,24H,3-4,13-19H2,1-2H3,(H,29,34)/t24-/m1/s1. The van der Waals surface area contributed by atoms with Crippen LogP contribution in [0.5, 0.6) is 5.75 Å². The van der Waals surface area contributed by atoms with E-state index in [-0.39, 0.29) is 24.1 Å². The van der Waals surface area contributed by atoms with Crippen molar-refractivity contribution in [1.29, 1.82) is 0 Å². The molecule has 1 atom stereocenters. The Kier molecular flexibility index (Phi) is 9.07. The molecule has 2 aliphatic rings. The van der Waals surface area contributed by atoms with Crippen molar-refractivity contribution in [2.24, 2.45) is 0 Å². The first kappa shape index (κ1) is 27.0. The fourth-order valence-corrected chi connectivity index (χ4v) is 5.05. The third-order valence-electron chi connectivity index (χ3n) is 6.70. The highest BCUT2D eigenvalue weighted by Crippen LogP contribution is 2.29. The average Bonchev–Trinajstić information content (AvgIpc) is 3.11. The highest BCUT2D eigenvalue weighted by molar-refractivity contribution is 7.80. The number of amides is 2. The number of halogens is 1. The molecular weight excluding hydrogens is 493 g/mol. The molecule has 2 saturated heterocycles. The molecule has 4 rings (SSSR count). The molecule has 198 valence electrons. The van der Waals surface area contributed by atoms with Gasteiger partial charge in [-0.2, -0.15) is 0 Å². The maximum Gasteiger partial charge on any atom is 0.256 e. The number of nitrogens with one attached hydrogen (secondary N) is 1. The number of hydrogen-bond acceptors (Lipinski definition) is 6. The largest absolute Gasteiger partial charge is 0.494 e. The summed E-state index contributed by atoms with van der Waals surface area (Å²) in [5.41, 5.74) is 1.12. The van der Waals surface area contributed by atoms with Gasteiger partial charge in [-0.1, -0.05) is 0 Å². The van der Waals surface area contributed by atoms with E-state index in [2.05, 4.69) is 22.2 Å². The number of anilines is 2. The van der Waals surface area contributed by atoms with Crippen LogP contribution in [-0.4, -0.2) is 90.6 Å². The van der Waals surface area contributed by atoms with Crippen LogP contribution in [0.15, 0.2) is 48.5 Å². The van der Waals surface area contributed by atoms with E-state index in [1.165, 1.54) is 29.2 Å². The van der Waals surface area contributed by atoms with Crippen LogP contribution in [0.4, 0.5) is 15.8 Å². The molecule has 0 aliphatic carbocycles. The topological polar surface area (TPSA) is 68.4 Å². The zero-order chi connectivity index (χ0) is 26.4. The normalized spacial score (nSPS) is 18.9. The van der Waals surface area contributed by atoms with Crippen molar-refractivity contribution in [2.45, 2.75) is 25.8 Å². The lowest BCUT2D eigenvalue weighted by molar-refractivity contribution is -0.124. The van der Waals surface area contributed by atoms with Crippen LogP contribution in [0.25, 0.3) is 0 Å². The van der Waals surface area contributed by atoms with Gasteiger partial charge in [0, 0.05) is 38.4 Å². The highest BCUT2D eigenvalue weighted by atomic mass is 32.1. The molecule has 37 heavy (non-hydrogen) atoms. The molecule has 1 N–H and O–H groups in total. The summed E-state index contributed by atoms with van der Waals surface area (Å²) in [7, 11) is 2.13. The van der Waals surface area contributed by atoms with Gasteiger partial charge in [0.05, 0.1) is 18.7 Å². The summed E-state index contributed by atoms with van der Waals surface area (Å²) in [6.07, 6.45) is 0.767. The fraction of sp³-hybridized carbons (Fsp3) is 0.444. The van der Waals surface area contributed by atoms with Crippen LogP contribution < -0.4 is 15.0 Å². The first-order chi connectivity index (χ1) is 17.9. The predicted molar refractivity (Wildman–Crippen MR) is 146 cm³/mol. The summed E-state index contributed by atoms with van der Waals surface area (Å²) in [6, 6.07) is 12.1. The second kappa shape index (κ2) is 12.4. The van der Waals surface area contributed by atoms with E-state index in [4.69, 9.17) is 17.0 Å². The Hall–Kier alpha value is -3.08. The van der Waals surface area contributed by atoms with Crippen LogP contribution in [0, 0.1) is 5.82 Å². The Balaban J connectivity index is 1.47. The van der Waals surface area contributed by atoms with Gasteiger partial charge < -0.3 is 24.8 Å². The molecule has 2 amide bonds. The van der Waals surface area contributed by atoms with E-state index in [0.29, 0.717) is 35.4 Å². The minimum atomic E-state index is -0.716. The summed E-state index contributed by atoms with van der Waals surface area (Å²) in [4.78, 5) is 34.6. The Morgan fingerprint density at radius 2 is 1.73 bits per heavy atom. The molecule has 2 heterocycles. The van der Waals surface area contributed by atoms with Crippen LogP contribution in [0.1, 0.15) is 19.8 Å². The van der Waals surface area contributed by atoms with Crippen molar-refractivity contribution >= 4 is 40.5 Å². The Morgan fingerprint density at radius 3 is 2.38 bits per heavy atom. The zero-order valence-electron chi connectivity index (χ0n) is 21.4. The summed E-state index contributed by atoms with van der Waals surface area (Å²) in [6.45, 7) is 8.04. The molecule has 2 fully saturated rings. The SMILES string of the molecule is CCOc1ccc(N2C(=O)[C@@H](CC(=O)Nc3ccc(F)cc3)N(CCCN3CCN(C)CC3)C2=S)cc1. The predicted octanol–water partition coefficient (Wildman–Crippen LogP) is 3.19. The van der Waals surface area contributed by atoms with E-state index in [1.54, 1.807) is 24.3 Å². The molecule has 0 saturated carbocycles. The number of carbonyl (C=O) groups is 2. The van der Waals surface area contributed by atoms with E-state index in [0.717, 1.165) is 39.1 Å². The molecule has 8 nitrogen and oxygen atoms in total. The van der Waals surface area contributed by atoms with Crippen molar-refractivity contribution in [3.8, 4) is 5.75 Å².